The number of hydrogen-bond donors (Lipinski definition) is 1. The van der Waals surface area contributed by atoms with E-state index in [2.05, 4.69) is 22.2 Å². The van der Waals surface area contributed by atoms with E-state index in [1.807, 2.05) is 17.0 Å². The van der Waals surface area contributed by atoms with Gasteiger partial charge in [0.15, 0.2) is 0 Å². The van der Waals surface area contributed by atoms with Crippen LogP contribution in [0, 0.1) is 0 Å². The average molecular weight is 316 g/mol. The fraction of sp³-hybridized carbons (Fsp3) is 0.667. The Morgan fingerprint density at radius 3 is 2.52 bits per heavy atom. The highest BCUT2D eigenvalue weighted by Gasteiger charge is 2.21. The van der Waals surface area contributed by atoms with Crippen LogP contribution in [0.25, 0.3) is 0 Å². The van der Waals surface area contributed by atoms with Crippen molar-refractivity contribution >= 4 is 11.6 Å². The molecule has 0 unspecified atom stereocenters. The first-order chi connectivity index (χ1) is 11.2. The molecule has 1 N–H and O–H groups in total. The van der Waals surface area contributed by atoms with Crippen LogP contribution in [-0.2, 0) is 0 Å². The van der Waals surface area contributed by atoms with E-state index in [4.69, 9.17) is 0 Å². The van der Waals surface area contributed by atoms with E-state index in [-0.39, 0.29) is 5.91 Å². The quantitative estimate of drug-likeness (QED) is 0.871. The number of hydrogen-bond acceptors (Lipinski definition) is 4. The van der Waals surface area contributed by atoms with E-state index in [1.54, 1.807) is 6.20 Å². The van der Waals surface area contributed by atoms with Gasteiger partial charge < -0.3 is 15.1 Å². The van der Waals surface area contributed by atoms with Gasteiger partial charge in [-0.05, 0) is 32.0 Å². The van der Waals surface area contributed by atoms with E-state index >= 15 is 0 Å². The van der Waals surface area contributed by atoms with Crippen molar-refractivity contribution in [2.45, 2.75) is 44.6 Å². The van der Waals surface area contributed by atoms with Crippen LogP contribution in [0.5, 0.6) is 0 Å². The normalized spacial score (nSPS) is 21.0. The molecule has 2 fully saturated rings. The van der Waals surface area contributed by atoms with Crippen molar-refractivity contribution in [1.82, 2.24) is 14.8 Å². The standard InChI is InChI=1S/C18H28N4O/c1-21-10-12-22(13-11-21)18(23)17-14-16(8-9-19-17)20-15-6-4-2-3-5-7-15/h8-9,14-15H,2-7,10-13H2,1H3,(H,19,20). The number of pyridine rings is 1. The van der Waals surface area contributed by atoms with E-state index in [9.17, 15) is 4.79 Å². The Hall–Kier alpha value is -1.62. The summed E-state index contributed by atoms with van der Waals surface area (Å²) in [4.78, 5) is 21.1. The van der Waals surface area contributed by atoms with Gasteiger partial charge in [-0.15, -0.1) is 0 Å². The van der Waals surface area contributed by atoms with Crippen molar-refractivity contribution in [2.75, 3.05) is 38.5 Å². The van der Waals surface area contributed by atoms with Gasteiger partial charge in [-0.1, -0.05) is 25.7 Å². The summed E-state index contributed by atoms with van der Waals surface area (Å²) in [5.41, 5.74) is 1.59. The van der Waals surface area contributed by atoms with Gasteiger partial charge >= 0.3 is 0 Å². The van der Waals surface area contributed by atoms with E-state index in [0.717, 1.165) is 31.9 Å². The van der Waals surface area contributed by atoms with E-state index in [1.165, 1.54) is 38.5 Å². The number of carbonyl (C=O) groups excluding carboxylic acids is 1. The molecule has 0 atom stereocenters. The largest absolute Gasteiger partial charge is 0.382 e. The zero-order chi connectivity index (χ0) is 16.1. The van der Waals surface area contributed by atoms with Crippen LogP contribution in [0.2, 0.25) is 0 Å². The highest BCUT2D eigenvalue weighted by molar-refractivity contribution is 5.93. The molecule has 126 valence electrons. The van der Waals surface area contributed by atoms with Crippen molar-refractivity contribution in [1.29, 1.82) is 0 Å². The summed E-state index contributed by atoms with van der Waals surface area (Å²) in [5.74, 6) is 0.0580. The SMILES string of the molecule is CN1CCN(C(=O)c2cc(NC3CCCCCC3)ccn2)CC1. The number of amides is 1. The molecule has 1 saturated heterocycles. The van der Waals surface area contributed by atoms with Crippen molar-refractivity contribution in [3.8, 4) is 0 Å². The third-order valence-corrected chi connectivity index (χ3v) is 5.00. The number of carbonyl (C=O) groups is 1. The van der Waals surface area contributed by atoms with Crippen molar-refractivity contribution in [3.05, 3.63) is 24.0 Å². The molecule has 1 aliphatic carbocycles. The first kappa shape index (κ1) is 16.2. The molecule has 2 heterocycles. The molecule has 0 aromatic carbocycles. The van der Waals surface area contributed by atoms with Gasteiger partial charge in [0.25, 0.3) is 5.91 Å². The van der Waals surface area contributed by atoms with Crippen molar-refractivity contribution in [2.24, 2.45) is 0 Å². The van der Waals surface area contributed by atoms with Gasteiger partial charge in [0, 0.05) is 44.1 Å². The van der Waals surface area contributed by atoms with Crippen molar-refractivity contribution < 1.29 is 4.79 Å². The molecule has 1 aliphatic heterocycles. The number of aromatic nitrogens is 1. The Bertz CT molecular complexity index is 518. The highest BCUT2D eigenvalue weighted by atomic mass is 16.2. The molecule has 2 aliphatic rings. The predicted octanol–water partition coefficient (Wildman–Crippen LogP) is 2.60. The van der Waals surface area contributed by atoms with Crippen LogP contribution in [0.15, 0.2) is 18.3 Å². The van der Waals surface area contributed by atoms with Crippen molar-refractivity contribution in [3.63, 3.8) is 0 Å². The smallest absolute Gasteiger partial charge is 0.272 e. The van der Waals surface area contributed by atoms with Gasteiger partial charge in [-0.3, -0.25) is 9.78 Å². The maximum Gasteiger partial charge on any atom is 0.272 e. The summed E-state index contributed by atoms with van der Waals surface area (Å²) in [5, 5.41) is 3.61. The van der Waals surface area contributed by atoms with E-state index in [0.29, 0.717) is 11.7 Å². The Balaban J connectivity index is 1.63. The average Bonchev–Trinajstić information content (AvgIpc) is 2.84. The second-order valence-corrected chi connectivity index (χ2v) is 6.86. The van der Waals surface area contributed by atoms with Crippen LogP contribution in [0.4, 0.5) is 5.69 Å². The molecule has 1 aromatic rings. The first-order valence-corrected chi connectivity index (χ1v) is 8.93. The second-order valence-electron chi connectivity index (χ2n) is 6.86. The lowest BCUT2D eigenvalue weighted by Crippen LogP contribution is -2.47. The second kappa shape index (κ2) is 7.77. The van der Waals surface area contributed by atoms with Gasteiger partial charge in [0.05, 0.1) is 0 Å². The number of rotatable bonds is 3. The Morgan fingerprint density at radius 2 is 1.83 bits per heavy atom. The number of anilines is 1. The lowest BCUT2D eigenvalue weighted by molar-refractivity contribution is 0.0658. The van der Waals surface area contributed by atoms with Gasteiger partial charge in [-0.2, -0.15) is 0 Å². The molecular weight excluding hydrogens is 288 g/mol. The third-order valence-electron chi connectivity index (χ3n) is 5.00. The minimum atomic E-state index is 0.0580. The molecule has 1 saturated carbocycles. The minimum absolute atomic E-state index is 0.0580. The zero-order valence-corrected chi connectivity index (χ0v) is 14.1. The van der Waals surface area contributed by atoms with Gasteiger partial charge in [0.1, 0.15) is 5.69 Å². The topological polar surface area (TPSA) is 48.5 Å². The van der Waals surface area contributed by atoms with Gasteiger partial charge in [-0.25, -0.2) is 0 Å². The molecule has 1 aromatic heterocycles. The summed E-state index contributed by atoms with van der Waals surface area (Å²) in [7, 11) is 2.09. The van der Waals surface area contributed by atoms with E-state index < -0.39 is 0 Å². The van der Waals surface area contributed by atoms with Gasteiger partial charge in [0.2, 0.25) is 0 Å². The third kappa shape index (κ3) is 4.44. The minimum Gasteiger partial charge on any atom is -0.382 e. The van der Waals surface area contributed by atoms with Crippen LogP contribution >= 0.6 is 0 Å². The summed E-state index contributed by atoms with van der Waals surface area (Å²) >= 11 is 0. The molecular formula is C18H28N4O. The molecule has 3 rings (SSSR count). The fourth-order valence-electron chi connectivity index (χ4n) is 3.47. The predicted molar refractivity (Wildman–Crippen MR) is 92.8 cm³/mol. The molecule has 1 amide bonds. The van der Waals surface area contributed by atoms with Crippen LogP contribution < -0.4 is 5.32 Å². The summed E-state index contributed by atoms with van der Waals surface area (Å²) < 4.78 is 0. The van der Waals surface area contributed by atoms with Crippen LogP contribution in [-0.4, -0.2) is 60.0 Å². The summed E-state index contributed by atoms with van der Waals surface area (Å²) in [6.07, 6.45) is 9.51. The molecule has 5 nitrogen and oxygen atoms in total. The number of nitrogens with one attached hydrogen (secondary N) is 1. The van der Waals surface area contributed by atoms with Crippen LogP contribution in [0.1, 0.15) is 49.0 Å². The van der Waals surface area contributed by atoms with Crippen LogP contribution in [0.3, 0.4) is 0 Å². The monoisotopic (exact) mass is 316 g/mol. The highest BCUT2D eigenvalue weighted by Crippen LogP contribution is 2.21. The fourth-order valence-corrected chi connectivity index (χ4v) is 3.47. The molecule has 0 spiro atoms. The number of nitrogens with zero attached hydrogens (tertiary/aromatic N) is 3. The number of likely N-dealkylation sites (N-methyl/N-ethyl adjacent to an activating group) is 1. The Morgan fingerprint density at radius 1 is 1.13 bits per heavy atom. The maximum atomic E-state index is 12.6. The first-order valence-electron chi connectivity index (χ1n) is 8.93. The molecule has 0 radical (unpaired) electrons. The maximum absolute atomic E-state index is 12.6. The lowest BCUT2D eigenvalue weighted by Gasteiger charge is -2.32. The molecule has 5 heteroatoms. The molecule has 0 bridgehead atoms. The molecule has 23 heavy (non-hydrogen) atoms. The zero-order valence-electron chi connectivity index (χ0n) is 14.1. The Kier molecular flexibility index (Phi) is 5.49. The summed E-state index contributed by atoms with van der Waals surface area (Å²) in [6, 6.07) is 4.43. The number of piperazine rings is 1. The summed E-state index contributed by atoms with van der Waals surface area (Å²) in [6.45, 7) is 3.45. The lowest BCUT2D eigenvalue weighted by atomic mass is 10.1. The Labute approximate surface area is 139 Å².